The zero-order chi connectivity index (χ0) is 23.9. The lowest BCUT2D eigenvalue weighted by Gasteiger charge is -2.42. The van der Waals surface area contributed by atoms with Gasteiger partial charge in [0.1, 0.15) is 5.65 Å². The number of hydrogen-bond acceptors (Lipinski definition) is 6. The minimum Gasteiger partial charge on any atom is -0.346 e. The van der Waals surface area contributed by atoms with E-state index in [1.807, 2.05) is 60.5 Å². The lowest BCUT2D eigenvalue weighted by atomic mass is 10.1. The van der Waals surface area contributed by atoms with E-state index in [0.29, 0.717) is 11.0 Å². The molecule has 8 nitrogen and oxygen atoms in total. The first-order valence-corrected chi connectivity index (χ1v) is 12.3. The second-order valence-electron chi connectivity index (χ2n) is 9.09. The summed E-state index contributed by atoms with van der Waals surface area (Å²) in [5.41, 5.74) is 5.04. The van der Waals surface area contributed by atoms with E-state index in [2.05, 4.69) is 49.3 Å². The molecule has 1 fully saturated rings. The molecule has 9 heteroatoms. The molecule has 0 unspecified atom stereocenters. The molecule has 5 heterocycles. The number of carbonyl (C=O) groups excluding carboxylic acids is 1. The topological polar surface area (TPSA) is 82.9 Å². The molecular formula is C26H25N7OS. The third kappa shape index (κ3) is 4.13. The highest BCUT2D eigenvalue weighted by molar-refractivity contribution is 7.17. The molecule has 0 aliphatic carbocycles. The number of thiazole rings is 1. The fourth-order valence-electron chi connectivity index (χ4n) is 4.33. The minimum atomic E-state index is 0.00144. The van der Waals surface area contributed by atoms with Gasteiger partial charge in [0.15, 0.2) is 5.01 Å². The summed E-state index contributed by atoms with van der Waals surface area (Å²) in [5.74, 6) is 0.00144. The number of fused-ring (bicyclic) bond motifs is 1. The van der Waals surface area contributed by atoms with Crippen LogP contribution in [0.5, 0.6) is 0 Å². The first-order chi connectivity index (χ1) is 17.0. The number of carbonyl (C=O) groups is 1. The van der Waals surface area contributed by atoms with Crippen molar-refractivity contribution >= 4 is 28.3 Å². The number of likely N-dealkylation sites (tertiary alicyclic amines) is 1. The molecule has 0 atom stereocenters. The molecule has 1 aliphatic rings. The number of H-pyrrole nitrogens is 1. The molecule has 35 heavy (non-hydrogen) atoms. The quantitative estimate of drug-likeness (QED) is 0.395. The zero-order valence-electron chi connectivity index (χ0n) is 19.5. The Hall–Kier alpha value is -3.82. The Morgan fingerprint density at radius 3 is 2.74 bits per heavy atom. The molecule has 0 saturated carbocycles. The van der Waals surface area contributed by atoms with E-state index in [9.17, 15) is 4.79 Å². The minimum absolute atomic E-state index is 0.00144. The van der Waals surface area contributed by atoms with Gasteiger partial charge in [0, 0.05) is 66.0 Å². The van der Waals surface area contributed by atoms with Gasteiger partial charge >= 0.3 is 0 Å². The number of hydrogen-bond donors (Lipinski definition) is 1. The summed E-state index contributed by atoms with van der Waals surface area (Å²) >= 11 is 1.42. The molecule has 1 amide bonds. The van der Waals surface area contributed by atoms with Gasteiger partial charge in [0.2, 0.25) is 0 Å². The number of amides is 1. The number of nitrogens with one attached hydrogen (secondary N) is 1. The second-order valence-corrected chi connectivity index (χ2v) is 10.1. The summed E-state index contributed by atoms with van der Waals surface area (Å²) < 4.78 is 1.94. The van der Waals surface area contributed by atoms with Crippen molar-refractivity contribution in [2.45, 2.75) is 12.6 Å². The van der Waals surface area contributed by atoms with Crippen LogP contribution in [0.15, 0.2) is 67.4 Å². The Labute approximate surface area is 206 Å². The fourth-order valence-corrected chi connectivity index (χ4v) is 5.19. The van der Waals surface area contributed by atoms with Crippen molar-refractivity contribution < 1.29 is 4.79 Å². The first kappa shape index (κ1) is 21.7. The van der Waals surface area contributed by atoms with Crippen LogP contribution in [-0.2, 0) is 6.54 Å². The van der Waals surface area contributed by atoms with Crippen LogP contribution >= 0.6 is 11.3 Å². The summed E-state index contributed by atoms with van der Waals surface area (Å²) in [6.07, 6.45) is 9.51. The largest absolute Gasteiger partial charge is 0.346 e. The monoisotopic (exact) mass is 483 g/mol. The molecule has 1 saturated heterocycles. The van der Waals surface area contributed by atoms with Crippen LogP contribution < -0.4 is 0 Å². The highest BCUT2D eigenvalue weighted by Gasteiger charge is 2.33. The maximum atomic E-state index is 12.8. The molecular weight excluding hydrogens is 458 g/mol. The third-order valence-electron chi connectivity index (χ3n) is 6.52. The van der Waals surface area contributed by atoms with Crippen LogP contribution in [0, 0.1) is 0 Å². The standard InChI is InChI=1S/C26H25N7OS/c1-31(2)20-15-32(16-20)26(34)25-29-12-23(35-25)18-8-21-22(11-28-24(21)27-9-18)19-10-30-33(14-19)13-17-6-4-3-5-7-17/h3-12,14,20H,13,15-16H2,1-2H3,(H,27,28). The van der Waals surface area contributed by atoms with Gasteiger partial charge in [0.05, 0.1) is 17.6 Å². The first-order valence-electron chi connectivity index (χ1n) is 11.5. The zero-order valence-corrected chi connectivity index (χ0v) is 20.4. The predicted octanol–water partition coefficient (Wildman–Crippen LogP) is 3.98. The van der Waals surface area contributed by atoms with Gasteiger partial charge in [-0.25, -0.2) is 9.97 Å². The maximum Gasteiger partial charge on any atom is 0.282 e. The molecule has 176 valence electrons. The van der Waals surface area contributed by atoms with Crippen LogP contribution in [0.25, 0.3) is 32.6 Å². The van der Waals surface area contributed by atoms with Gasteiger partial charge in [0.25, 0.3) is 5.91 Å². The number of aromatic nitrogens is 5. The Kier molecular flexibility index (Phi) is 5.43. The van der Waals surface area contributed by atoms with E-state index in [1.165, 1.54) is 16.9 Å². The van der Waals surface area contributed by atoms with Crippen molar-refractivity contribution in [3.63, 3.8) is 0 Å². The number of nitrogens with zero attached hydrogens (tertiary/aromatic N) is 6. The van der Waals surface area contributed by atoms with Crippen LogP contribution in [0.1, 0.15) is 15.4 Å². The van der Waals surface area contributed by atoms with E-state index >= 15 is 0 Å². The van der Waals surface area contributed by atoms with Gasteiger partial charge in [-0.1, -0.05) is 30.3 Å². The molecule has 1 N–H and O–H groups in total. The van der Waals surface area contributed by atoms with Gasteiger partial charge in [-0.2, -0.15) is 5.10 Å². The second kappa shape index (κ2) is 8.75. The lowest BCUT2D eigenvalue weighted by Crippen LogP contribution is -2.59. The van der Waals surface area contributed by atoms with Crippen LogP contribution in [-0.4, -0.2) is 73.7 Å². The van der Waals surface area contributed by atoms with Crippen molar-refractivity contribution in [3.8, 4) is 21.6 Å². The van der Waals surface area contributed by atoms with Crippen molar-refractivity contribution in [2.75, 3.05) is 27.2 Å². The molecule has 0 bridgehead atoms. The molecule has 1 aromatic carbocycles. The summed E-state index contributed by atoms with van der Waals surface area (Å²) in [4.78, 5) is 30.0. The van der Waals surface area contributed by atoms with Gasteiger partial charge in [-0.05, 0) is 25.7 Å². The van der Waals surface area contributed by atoms with Crippen LogP contribution in [0.2, 0.25) is 0 Å². The van der Waals surface area contributed by atoms with Crippen molar-refractivity contribution in [2.24, 2.45) is 0 Å². The highest BCUT2D eigenvalue weighted by Crippen LogP contribution is 2.33. The average molecular weight is 484 g/mol. The van der Waals surface area contributed by atoms with Gasteiger partial charge < -0.3 is 14.8 Å². The average Bonchev–Trinajstić information content (AvgIpc) is 3.57. The Bertz CT molecular complexity index is 1490. The summed E-state index contributed by atoms with van der Waals surface area (Å²) in [7, 11) is 4.08. The summed E-state index contributed by atoms with van der Waals surface area (Å²) in [5, 5.41) is 6.09. The Balaban J connectivity index is 1.24. The van der Waals surface area contributed by atoms with E-state index in [4.69, 9.17) is 0 Å². The van der Waals surface area contributed by atoms with Crippen molar-refractivity contribution in [1.82, 2.24) is 34.5 Å². The molecule has 0 radical (unpaired) electrons. The van der Waals surface area contributed by atoms with E-state index in [1.54, 1.807) is 6.20 Å². The molecule has 1 aliphatic heterocycles. The molecule has 0 spiro atoms. The summed E-state index contributed by atoms with van der Waals surface area (Å²) in [6.45, 7) is 2.22. The number of pyridine rings is 1. The maximum absolute atomic E-state index is 12.8. The predicted molar refractivity (Wildman–Crippen MR) is 137 cm³/mol. The Morgan fingerprint density at radius 1 is 1.11 bits per heavy atom. The number of likely N-dealkylation sites (N-methyl/N-ethyl adjacent to an activating group) is 1. The fraction of sp³-hybridized carbons (Fsp3) is 0.231. The summed E-state index contributed by atoms with van der Waals surface area (Å²) in [6, 6.07) is 12.8. The van der Waals surface area contributed by atoms with Gasteiger partial charge in [-0.3, -0.25) is 9.48 Å². The number of aromatic amines is 1. The number of rotatable bonds is 6. The van der Waals surface area contributed by atoms with E-state index in [0.717, 1.165) is 52.2 Å². The van der Waals surface area contributed by atoms with Crippen molar-refractivity contribution in [1.29, 1.82) is 0 Å². The van der Waals surface area contributed by atoms with E-state index in [-0.39, 0.29) is 5.91 Å². The van der Waals surface area contributed by atoms with Crippen LogP contribution in [0.3, 0.4) is 0 Å². The molecule has 4 aromatic heterocycles. The van der Waals surface area contributed by atoms with Crippen LogP contribution in [0.4, 0.5) is 0 Å². The normalized spacial score (nSPS) is 14.1. The third-order valence-corrected chi connectivity index (χ3v) is 7.55. The number of benzene rings is 1. The highest BCUT2D eigenvalue weighted by atomic mass is 32.1. The van der Waals surface area contributed by atoms with Crippen molar-refractivity contribution in [3.05, 3.63) is 78.0 Å². The lowest BCUT2D eigenvalue weighted by molar-refractivity contribution is 0.0399. The smallest absolute Gasteiger partial charge is 0.282 e. The Morgan fingerprint density at radius 2 is 1.94 bits per heavy atom. The van der Waals surface area contributed by atoms with E-state index < -0.39 is 0 Å². The van der Waals surface area contributed by atoms with Gasteiger partial charge in [-0.15, -0.1) is 11.3 Å². The molecule has 5 aromatic rings. The molecule has 6 rings (SSSR count). The SMILES string of the molecule is CN(C)C1CN(C(=O)c2ncc(-c3cnc4[nH]cc(-c5cnn(Cc6ccccc6)c5)c4c3)s2)C1.